The molecule has 0 spiro atoms. The number of hydrogen-bond donors (Lipinski definition) is 1. The number of morpholine rings is 2. The van der Waals surface area contributed by atoms with Gasteiger partial charge in [0.05, 0.1) is 26.4 Å². The molecule has 3 aliphatic rings. The van der Waals surface area contributed by atoms with Gasteiger partial charge in [0.2, 0.25) is 0 Å². The lowest BCUT2D eigenvalue weighted by atomic mass is 10.1. The normalized spacial score (nSPS) is 26.5. The van der Waals surface area contributed by atoms with Gasteiger partial charge in [-0.3, -0.25) is 4.79 Å². The zero-order chi connectivity index (χ0) is 23.8. The van der Waals surface area contributed by atoms with Gasteiger partial charge in [0.15, 0.2) is 0 Å². The van der Waals surface area contributed by atoms with Crippen molar-refractivity contribution in [1.82, 2.24) is 13.6 Å². The molecule has 0 radical (unpaired) electrons. The second-order valence-electron chi connectivity index (χ2n) is 8.33. The van der Waals surface area contributed by atoms with E-state index < -0.39 is 34.5 Å². The van der Waals surface area contributed by atoms with Crippen LogP contribution in [0, 0.1) is 0 Å². The van der Waals surface area contributed by atoms with E-state index in [2.05, 4.69) is 4.98 Å². The van der Waals surface area contributed by atoms with Crippen LogP contribution in [0.25, 0.3) is 0 Å². The van der Waals surface area contributed by atoms with Crippen molar-refractivity contribution in [3.63, 3.8) is 0 Å². The van der Waals surface area contributed by atoms with Crippen molar-refractivity contribution >= 4 is 21.7 Å². The molecule has 1 N–H and O–H groups in total. The van der Waals surface area contributed by atoms with Gasteiger partial charge >= 0.3 is 6.18 Å². The number of halogens is 3. The minimum Gasteiger partial charge on any atom is -0.379 e. The van der Waals surface area contributed by atoms with Gasteiger partial charge in [-0.15, -0.1) is 0 Å². The molecule has 4 heterocycles. The van der Waals surface area contributed by atoms with E-state index in [0.29, 0.717) is 25.4 Å². The maximum absolute atomic E-state index is 14.1. The second kappa shape index (κ2) is 9.41. The van der Waals surface area contributed by atoms with E-state index in [1.807, 2.05) is 11.8 Å². The molecular formula is C19H28F3N5O5S. The Kier molecular flexibility index (Phi) is 6.92. The smallest absolute Gasteiger partial charge is 0.379 e. The molecule has 3 fully saturated rings. The van der Waals surface area contributed by atoms with Crippen LogP contribution in [0.5, 0.6) is 0 Å². The number of ether oxygens (including phenoxy) is 2. The van der Waals surface area contributed by atoms with E-state index in [4.69, 9.17) is 9.47 Å². The maximum atomic E-state index is 14.1. The van der Waals surface area contributed by atoms with Gasteiger partial charge in [-0.2, -0.15) is 30.2 Å². The van der Waals surface area contributed by atoms with Gasteiger partial charge < -0.3 is 24.3 Å². The summed E-state index contributed by atoms with van der Waals surface area (Å²) >= 11 is 0. The molecule has 33 heavy (non-hydrogen) atoms. The first-order chi connectivity index (χ1) is 15.6. The van der Waals surface area contributed by atoms with Gasteiger partial charge in [0.25, 0.3) is 15.8 Å². The molecule has 3 saturated heterocycles. The first-order valence-electron chi connectivity index (χ1n) is 10.8. The lowest BCUT2D eigenvalue weighted by Crippen LogP contribution is -2.62. The van der Waals surface area contributed by atoms with Gasteiger partial charge in [0, 0.05) is 63.1 Å². The summed E-state index contributed by atoms with van der Waals surface area (Å²) in [7, 11) is -4.06. The van der Waals surface area contributed by atoms with E-state index in [0.717, 1.165) is 13.5 Å². The molecule has 186 valence electrons. The molecule has 10 nitrogen and oxygen atoms in total. The number of hydrogen-bond acceptors (Lipinski definition) is 7. The van der Waals surface area contributed by atoms with Gasteiger partial charge in [0.1, 0.15) is 11.9 Å². The quantitative estimate of drug-likeness (QED) is 0.639. The van der Waals surface area contributed by atoms with E-state index in [-0.39, 0.29) is 51.3 Å². The van der Waals surface area contributed by atoms with Crippen molar-refractivity contribution in [1.29, 1.82) is 0 Å². The highest BCUT2D eigenvalue weighted by molar-refractivity contribution is 7.86. The second-order valence-corrected chi connectivity index (χ2v) is 10.3. The first-order valence-corrected chi connectivity index (χ1v) is 12.2. The zero-order valence-electron chi connectivity index (χ0n) is 18.3. The van der Waals surface area contributed by atoms with Crippen LogP contribution < -0.4 is 15.4 Å². The molecule has 0 amide bonds. The lowest BCUT2D eigenvalue weighted by molar-refractivity contribution is -0.153. The van der Waals surface area contributed by atoms with Gasteiger partial charge in [-0.05, 0) is 6.92 Å². The monoisotopic (exact) mass is 495 g/mol. The molecule has 0 aromatic carbocycles. The minimum atomic E-state index is -4.71. The van der Waals surface area contributed by atoms with Crippen molar-refractivity contribution in [2.75, 3.05) is 75.5 Å². The fourth-order valence-electron chi connectivity index (χ4n) is 4.42. The SMILES string of the molecule is CC1COCCN1c1cc(N2CCN(S(=O)(=O)N3CCOCC3)C[C@H]2C(F)(F)F)[nH]c(=O)c1. The number of nitrogens with one attached hydrogen (secondary N) is 1. The van der Waals surface area contributed by atoms with Crippen molar-refractivity contribution in [3.05, 3.63) is 22.5 Å². The van der Waals surface area contributed by atoms with Crippen LogP contribution in [0.2, 0.25) is 0 Å². The summed E-state index contributed by atoms with van der Waals surface area (Å²) in [5.41, 5.74) is -0.0145. The highest BCUT2D eigenvalue weighted by atomic mass is 32.2. The van der Waals surface area contributed by atoms with E-state index >= 15 is 0 Å². The maximum Gasteiger partial charge on any atom is 0.410 e. The average Bonchev–Trinajstić information content (AvgIpc) is 2.78. The Morgan fingerprint density at radius 3 is 2.33 bits per heavy atom. The number of H-pyrrole nitrogens is 1. The summed E-state index contributed by atoms with van der Waals surface area (Å²) in [4.78, 5) is 17.8. The Labute approximate surface area is 190 Å². The number of piperazine rings is 1. The summed E-state index contributed by atoms with van der Waals surface area (Å²) < 4.78 is 80.7. The summed E-state index contributed by atoms with van der Waals surface area (Å²) in [6.45, 7) is 2.83. The van der Waals surface area contributed by atoms with E-state index in [1.54, 1.807) is 0 Å². The van der Waals surface area contributed by atoms with Crippen LogP contribution in [0.1, 0.15) is 6.92 Å². The third-order valence-electron chi connectivity index (χ3n) is 6.17. The van der Waals surface area contributed by atoms with Crippen molar-refractivity contribution in [2.45, 2.75) is 25.2 Å². The molecule has 0 bridgehead atoms. The third kappa shape index (κ3) is 5.14. The van der Waals surface area contributed by atoms with Crippen LogP contribution in [0.3, 0.4) is 0 Å². The molecular weight excluding hydrogens is 467 g/mol. The Balaban J connectivity index is 1.61. The van der Waals surface area contributed by atoms with Gasteiger partial charge in [-0.25, -0.2) is 0 Å². The molecule has 4 rings (SSSR count). The summed E-state index contributed by atoms with van der Waals surface area (Å²) in [5.74, 6) is 0.0157. The highest BCUT2D eigenvalue weighted by Crippen LogP contribution is 2.33. The standard InChI is InChI=1S/C19H28F3N5O5S/c1-14-13-32-9-6-26(14)15-10-17(23-18(28)11-15)27-3-2-25(12-16(27)19(20,21)22)33(29,30)24-4-7-31-8-5-24/h10-11,14,16H,2-9,12-13H2,1H3,(H,23,28)/t14?,16-/m0/s1. The van der Waals surface area contributed by atoms with Crippen LogP contribution in [0.15, 0.2) is 16.9 Å². The Morgan fingerprint density at radius 1 is 0.970 bits per heavy atom. The predicted molar refractivity (Wildman–Crippen MR) is 115 cm³/mol. The van der Waals surface area contributed by atoms with Crippen molar-refractivity contribution in [2.24, 2.45) is 0 Å². The Hall–Kier alpha value is -1.87. The molecule has 2 atom stereocenters. The van der Waals surface area contributed by atoms with Crippen molar-refractivity contribution < 1.29 is 31.1 Å². The lowest BCUT2D eigenvalue weighted by Gasteiger charge is -2.44. The van der Waals surface area contributed by atoms with E-state index in [9.17, 15) is 26.4 Å². The summed E-state index contributed by atoms with van der Waals surface area (Å²) in [5, 5.41) is 0. The fourth-order valence-corrected chi connectivity index (χ4v) is 6.00. The average molecular weight is 496 g/mol. The van der Waals surface area contributed by atoms with Gasteiger partial charge in [-0.1, -0.05) is 0 Å². The predicted octanol–water partition coefficient (Wildman–Crippen LogP) is 0.230. The number of aromatic nitrogens is 1. The number of aromatic amines is 1. The van der Waals surface area contributed by atoms with Crippen LogP contribution >= 0.6 is 0 Å². The number of pyridine rings is 1. The third-order valence-corrected chi connectivity index (χ3v) is 8.17. The number of alkyl halides is 3. The fraction of sp³-hybridized carbons (Fsp3) is 0.737. The largest absolute Gasteiger partial charge is 0.410 e. The number of anilines is 2. The first kappa shape index (κ1) is 24.3. The molecule has 1 aromatic heterocycles. The van der Waals surface area contributed by atoms with Crippen LogP contribution in [-0.2, 0) is 19.7 Å². The highest BCUT2D eigenvalue weighted by Gasteiger charge is 2.50. The minimum absolute atomic E-state index is 0.0157. The van der Waals surface area contributed by atoms with Crippen LogP contribution in [-0.4, -0.2) is 106 Å². The number of rotatable bonds is 4. The summed E-state index contributed by atoms with van der Waals surface area (Å²) in [6, 6.07) is 0.735. The number of nitrogens with zero attached hydrogens (tertiary/aromatic N) is 4. The summed E-state index contributed by atoms with van der Waals surface area (Å²) in [6.07, 6.45) is -4.71. The molecule has 3 aliphatic heterocycles. The Morgan fingerprint density at radius 2 is 1.67 bits per heavy atom. The molecule has 1 unspecified atom stereocenters. The van der Waals surface area contributed by atoms with E-state index in [1.165, 1.54) is 12.1 Å². The molecule has 1 aromatic rings. The molecule has 0 aliphatic carbocycles. The Bertz CT molecular complexity index is 998. The molecule has 0 saturated carbocycles. The van der Waals surface area contributed by atoms with Crippen molar-refractivity contribution in [3.8, 4) is 0 Å². The van der Waals surface area contributed by atoms with Crippen LogP contribution in [0.4, 0.5) is 24.7 Å². The molecule has 14 heteroatoms. The zero-order valence-corrected chi connectivity index (χ0v) is 19.1. The topological polar surface area (TPSA) is 98.4 Å².